The Hall–Kier alpha value is -0.860. The summed E-state index contributed by atoms with van der Waals surface area (Å²) < 4.78 is 0. The minimum Gasteiger partial charge on any atom is -0.309 e. The van der Waals surface area contributed by atoms with Crippen molar-refractivity contribution in [1.82, 2.24) is 10.2 Å². The van der Waals surface area contributed by atoms with Gasteiger partial charge in [-0.25, -0.2) is 0 Å². The molecule has 2 heteroatoms. The maximum Gasteiger partial charge on any atom is 0.0239 e. The van der Waals surface area contributed by atoms with E-state index in [2.05, 4.69) is 55.3 Å². The van der Waals surface area contributed by atoms with Crippen LogP contribution < -0.4 is 5.32 Å². The van der Waals surface area contributed by atoms with Gasteiger partial charge in [-0.2, -0.15) is 0 Å². The third-order valence-electron chi connectivity index (χ3n) is 4.96. The third-order valence-corrected chi connectivity index (χ3v) is 4.96. The van der Waals surface area contributed by atoms with Crippen LogP contribution in [0.2, 0.25) is 0 Å². The highest BCUT2D eigenvalue weighted by Gasteiger charge is 2.30. The number of nitrogens with one attached hydrogen (secondary N) is 1. The Labute approximate surface area is 129 Å². The minimum atomic E-state index is 0.237. The lowest BCUT2D eigenvalue weighted by atomic mass is 9.87. The molecule has 1 aromatic carbocycles. The largest absolute Gasteiger partial charge is 0.309 e. The molecule has 1 aliphatic heterocycles. The monoisotopic (exact) mass is 286 g/mol. The Morgan fingerprint density at radius 2 is 1.86 bits per heavy atom. The molecule has 0 unspecified atom stereocenters. The second-order valence-corrected chi connectivity index (χ2v) is 7.90. The van der Waals surface area contributed by atoms with Crippen molar-refractivity contribution in [3.8, 4) is 0 Å². The molecule has 2 aliphatic rings. The van der Waals surface area contributed by atoms with E-state index >= 15 is 0 Å². The van der Waals surface area contributed by atoms with Crippen LogP contribution >= 0.6 is 0 Å². The predicted octanol–water partition coefficient (Wildman–Crippen LogP) is 3.74. The van der Waals surface area contributed by atoms with Crippen LogP contribution in [0.5, 0.6) is 0 Å². The van der Waals surface area contributed by atoms with Gasteiger partial charge in [0, 0.05) is 30.7 Å². The van der Waals surface area contributed by atoms with Crippen molar-refractivity contribution >= 4 is 0 Å². The summed E-state index contributed by atoms with van der Waals surface area (Å²) in [6.07, 6.45) is 6.64. The topological polar surface area (TPSA) is 15.3 Å². The van der Waals surface area contributed by atoms with E-state index in [1.807, 2.05) is 0 Å². The smallest absolute Gasteiger partial charge is 0.0239 e. The van der Waals surface area contributed by atoms with Crippen molar-refractivity contribution < 1.29 is 0 Å². The molecule has 0 aromatic heterocycles. The molecule has 1 aromatic rings. The molecule has 1 heterocycles. The fraction of sp³-hybridized carbons (Fsp3) is 0.684. The number of rotatable bonds is 2. The van der Waals surface area contributed by atoms with Crippen LogP contribution in [-0.4, -0.2) is 29.1 Å². The molecule has 21 heavy (non-hydrogen) atoms. The Morgan fingerprint density at radius 3 is 2.62 bits per heavy atom. The predicted molar refractivity (Wildman–Crippen MR) is 89.5 cm³/mol. The molecule has 116 valence electrons. The van der Waals surface area contributed by atoms with E-state index in [0.717, 1.165) is 12.6 Å². The van der Waals surface area contributed by atoms with Gasteiger partial charge < -0.3 is 5.32 Å². The minimum absolute atomic E-state index is 0.237. The molecule has 1 N–H and O–H groups in total. The zero-order valence-corrected chi connectivity index (χ0v) is 13.9. The van der Waals surface area contributed by atoms with E-state index in [0.29, 0.717) is 6.04 Å². The van der Waals surface area contributed by atoms with Gasteiger partial charge in [0.25, 0.3) is 0 Å². The molecule has 0 spiro atoms. The molecule has 0 saturated heterocycles. The zero-order chi connectivity index (χ0) is 14.9. The molecule has 0 radical (unpaired) electrons. The highest BCUT2D eigenvalue weighted by molar-refractivity contribution is 5.29. The van der Waals surface area contributed by atoms with Crippen molar-refractivity contribution in [2.24, 2.45) is 0 Å². The molecule has 2 nitrogen and oxygen atoms in total. The Balaban J connectivity index is 1.62. The normalized spacial score (nSPS) is 27.4. The van der Waals surface area contributed by atoms with Gasteiger partial charge >= 0.3 is 0 Å². The summed E-state index contributed by atoms with van der Waals surface area (Å²) in [6.45, 7) is 9.25. The van der Waals surface area contributed by atoms with Crippen LogP contribution in [0.25, 0.3) is 0 Å². The molecule has 1 aliphatic carbocycles. The van der Waals surface area contributed by atoms with Gasteiger partial charge in [0.05, 0.1) is 0 Å². The average molecular weight is 286 g/mol. The Bertz CT molecular complexity index is 475. The molecule has 3 rings (SSSR count). The summed E-state index contributed by atoms with van der Waals surface area (Å²) in [5.41, 5.74) is 3.35. The lowest BCUT2D eigenvalue weighted by Crippen LogP contribution is -2.50. The zero-order valence-electron chi connectivity index (χ0n) is 13.9. The van der Waals surface area contributed by atoms with Gasteiger partial charge in [-0.1, -0.05) is 30.7 Å². The molecule has 0 amide bonds. The van der Waals surface area contributed by atoms with Crippen molar-refractivity contribution in [1.29, 1.82) is 0 Å². The van der Waals surface area contributed by atoms with E-state index in [1.54, 1.807) is 11.1 Å². The molecule has 1 saturated carbocycles. The van der Waals surface area contributed by atoms with Crippen LogP contribution in [0.1, 0.15) is 57.6 Å². The van der Waals surface area contributed by atoms with Crippen molar-refractivity contribution in [3.63, 3.8) is 0 Å². The molecular formula is C19H30N2. The SMILES string of the molecule is CC(C)(C)N[C@H]1CCC[C@H](N2CCc3ccccc3C2)C1. The van der Waals surface area contributed by atoms with Gasteiger partial charge in [0.2, 0.25) is 0 Å². The summed E-state index contributed by atoms with van der Waals surface area (Å²) in [7, 11) is 0. The van der Waals surface area contributed by atoms with E-state index in [1.165, 1.54) is 38.6 Å². The second kappa shape index (κ2) is 6.10. The molecule has 0 bridgehead atoms. The van der Waals surface area contributed by atoms with Crippen LogP contribution in [0.15, 0.2) is 24.3 Å². The fourth-order valence-corrected chi connectivity index (χ4v) is 4.07. The Morgan fingerprint density at radius 1 is 1.10 bits per heavy atom. The van der Waals surface area contributed by atoms with Gasteiger partial charge in [0.1, 0.15) is 0 Å². The maximum absolute atomic E-state index is 3.82. The first-order valence-corrected chi connectivity index (χ1v) is 8.60. The molecule has 1 fully saturated rings. The number of benzene rings is 1. The van der Waals surface area contributed by atoms with Crippen molar-refractivity contribution in [2.75, 3.05) is 6.54 Å². The van der Waals surface area contributed by atoms with E-state index in [-0.39, 0.29) is 5.54 Å². The van der Waals surface area contributed by atoms with Crippen LogP contribution in [0.4, 0.5) is 0 Å². The van der Waals surface area contributed by atoms with Gasteiger partial charge in [-0.15, -0.1) is 0 Å². The Kier molecular flexibility index (Phi) is 4.37. The summed E-state index contributed by atoms with van der Waals surface area (Å²) >= 11 is 0. The third kappa shape index (κ3) is 3.87. The first kappa shape index (κ1) is 15.1. The van der Waals surface area contributed by atoms with Crippen LogP contribution in [0.3, 0.4) is 0 Å². The number of hydrogen-bond donors (Lipinski definition) is 1. The molecule has 2 atom stereocenters. The van der Waals surface area contributed by atoms with E-state index < -0.39 is 0 Å². The van der Waals surface area contributed by atoms with Gasteiger partial charge in [0.15, 0.2) is 0 Å². The number of fused-ring (bicyclic) bond motifs is 1. The van der Waals surface area contributed by atoms with E-state index in [9.17, 15) is 0 Å². The highest BCUT2D eigenvalue weighted by atomic mass is 15.2. The first-order chi connectivity index (χ1) is 10.0. The summed E-state index contributed by atoms with van der Waals surface area (Å²) in [4.78, 5) is 2.73. The number of nitrogens with zero attached hydrogens (tertiary/aromatic N) is 1. The maximum atomic E-state index is 3.82. The first-order valence-electron chi connectivity index (χ1n) is 8.60. The lowest BCUT2D eigenvalue weighted by molar-refractivity contribution is 0.119. The van der Waals surface area contributed by atoms with Crippen molar-refractivity contribution in [3.05, 3.63) is 35.4 Å². The average Bonchev–Trinajstić information content (AvgIpc) is 2.45. The summed E-state index contributed by atoms with van der Waals surface area (Å²) in [5.74, 6) is 0. The van der Waals surface area contributed by atoms with Gasteiger partial charge in [-0.3, -0.25) is 4.90 Å². The fourth-order valence-electron chi connectivity index (χ4n) is 4.07. The quantitative estimate of drug-likeness (QED) is 0.891. The van der Waals surface area contributed by atoms with Gasteiger partial charge in [-0.05, 0) is 57.6 Å². The summed E-state index contributed by atoms with van der Waals surface area (Å²) in [6, 6.07) is 10.5. The molecular weight excluding hydrogens is 256 g/mol. The highest BCUT2D eigenvalue weighted by Crippen LogP contribution is 2.28. The van der Waals surface area contributed by atoms with Crippen LogP contribution in [-0.2, 0) is 13.0 Å². The lowest BCUT2D eigenvalue weighted by Gasteiger charge is -2.41. The van der Waals surface area contributed by atoms with Crippen molar-refractivity contribution in [2.45, 2.75) is 77.0 Å². The summed E-state index contributed by atoms with van der Waals surface area (Å²) in [5, 5.41) is 3.82. The van der Waals surface area contributed by atoms with E-state index in [4.69, 9.17) is 0 Å². The number of hydrogen-bond acceptors (Lipinski definition) is 2. The van der Waals surface area contributed by atoms with Crippen LogP contribution in [0, 0.1) is 0 Å². The second-order valence-electron chi connectivity index (χ2n) is 7.90. The standard InChI is InChI=1S/C19H30N2/c1-19(2,3)20-17-9-6-10-18(13-17)21-12-11-15-7-4-5-8-16(15)14-21/h4-5,7-8,17-18,20H,6,9-14H2,1-3H3/t17-,18-/m0/s1.